The van der Waals surface area contributed by atoms with Gasteiger partial charge in [-0.15, -0.1) is 0 Å². The minimum atomic E-state index is -0.281. The van der Waals surface area contributed by atoms with Crippen LogP contribution in [0.4, 0.5) is 0 Å². The Hall–Kier alpha value is -2.62. The zero-order valence-electron chi connectivity index (χ0n) is 20.5. The van der Waals surface area contributed by atoms with E-state index < -0.39 is 0 Å². The van der Waals surface area contributed by atoms with Gasteiger partial charge in [-0.25, -0.2) is 9.59 Å². The van der Waals surface area contributed by atoms with Crippen LogP contribution in [-0.4, -0.2) is 25.2 Å². The SMILES string of the molecule is CC(C)(C)c1ccc(C(=O)OCCCCCCOC(=O)c2ccc(C(C)(C)C)cc2)cc1. The number of hydrogen-bond donors (Lipinski definition) is 0. The fourth-order valence-corrected chi connectivity index (χ4v) is 3.27. The molecule has 0 bridgehead atoms. The lowest BCUT2D eigenvalue weighted by atomic mass is 9.87. The third-order valence-corrected chi connectivity index (χ3v) is 5.48. The van der Waals surface area contributed by atoms with Crippen molar-refractivity contribution < 1.29 is 19.1 Å². The second-order valence-corrected chi connectivity index (χ2v) is 10.3. The Kier molecular flexibility index (Phi) is 9.06. The highest BCUT2D eigenvalue weighted by Gasteiger charge is 2.16. The van der Waals surface area contributed by atoms with Crippen LogP contribution in [-0.2, 0) is 20.3 Å². The van der Waals surface area contributed by atoms with Crippen LogP contribution in [0.1, 0.15) is 99.1 Å². The molecule has 32 heavy (non-hydrogen) atoms. The average molecular weight is 439 g/mol. The van der Waals surface area contributed by atoms with Crippen molar-refractivity contribution in [1.29, 1.82) is 0 Å². The maximum absolute atomic E-state index is 12.1. The van der Waals surface area contributed by atoms with Gasteiger partial charge in [-0.2, -0.15) is 0 Å². The van der Waals surface area contributed by atoms with Crippen LogP contribution >= 0.6 is 0 Å². The highest BCUT2D eigenvalue weighted by atomic mass is 16.5. The molecule has 0 atom stereocenters. The van der Waals surface area contributed by atoms with Gasteiger partial charge in [0.05, 0.1) is 24.3 Å². The van der Waals surface area contributed by atoms with Crippen LogP contribution in [0.15, 0.2) is 48.5 Å². The lowest BCUT2D eigenvalue weighted by Crippen LogP contribution is -2.12. The monoisotopic (exact) mass is 438 g/mol. The van der Waals surface area contributed by atoms with E-state index in [9.17, 15) is 9.59 Å². The van der Waals surface area contributed by atoms with Gasteiger partial charge in [0.25, 0.3) is 0 Å². The van der Waals surface area contributed by atoms with Crippen molar-refractivity contribution in [3.63, 3.8) is 0 Å². The molecule has 0 aliphatic heterocycles. The molecule has 0 aliphatic carbocycles. The summed E-state index contributed by atoms with van der Waals surface area (Å²) in [6, 6.07) is 15.2. The molecule has 0 amide bonds. The lowest BCUT2D eigenvalue weighted by molar-refractivity contribution is 0.0473. The Balaban J connectivity index is 1.58. The minimum absolute atomic E-state index is 0.0631. The summed E-state index contributed by atoms with van der Waals surface area (Å²) in [7, 11) is 0. The van der Waals surface area contributed by atoms with Crippen LogP contribution in [0.2, 0.25) is 0 Å². The van der Waals surface area contributed by atoms with Crippen molar-refractivity contribution in [2.24, 2.45) is 0 Å². The highest BCUT2D eigenvalue weighted by molar-refractivity contribution is 5.89. The summed E-state index contributed by atoms with van der Waals surface area (Å²) in [5, 5.41) is 0. The van der Waals surface area contributed by atoms with Crippen LogP contribution in [0.25, 0.3) is 0 Å². The van der Waals surface area contributed by atoms with E-state index in [4.69, 9.17) is 9.47 Å². The summed E-state index contributed by atoms with van der Waals surface area (Å²) in [5.41, 5.74) is 3.68. The van der Waals surface area contributed by atoms with E-state index in [-0.39, 0.29) is 22.8 Å². The lowest BCUT2D eigenvalue weighted by Gasteiger charge is -2.19. The Morgan fingerprint density at radius 2 is 0.875 bits per heavy atom. The predicted molar refractivity (Wildman–Crippen MR) is 129 cm³/mol. The standard InChI is InChI=1S/C28H38O4/c1-27(2,3)23-15-11-21(12-16-23)25(29)31-19-9-7-8-10-20-32-26(30)22-13-17-24(18-14-22)28(4,5)6/h11-18H,7-10,19-20H2,1-6H3. The molecule has 0 heterocycles. The predicted octanol–water partition coefficient (Wildman–Crippen LogP) is 6.86. The summed E-state index contributed by atoms with van der Waals surface area (Å²) in [5.74, 6) is -0.561. The molecule has 0 unspecified atom stereocenters. The Labute approximate surface area is 193 Å². The van der Waals surface area contributed by atoms with Gasteiger partial charge in [-0.1, -0.05) is 65.8 Å². The zero-order chi connectivity index (χ0) is 23.8. The number of benzene rings is 2. The molecule has 4 heteroatoms. The quantitative estimate of drug-likeness (QED) is 0.317. The third kappa shape index (κ3) is 8.14. The molecule has 0 N–H and O–H groups in total. The maximum Gasteiger partial charge on any atom is 0.338 e. The normalized spacial score (nSPS) is 11.8. The topological polar surface area (TPSA) is 52.6 Å². The van der Waals surface area contributed by atoms with Crippen LogP contribution in [0.3, 0.4) is 0 Å². The number of ether oxygens (including phenoxy) is 2. The zero-order valence-corrected chi connectivity index (χ0v) is 20.5. The molecule has 0 saturated heterocycles. The highest BCUT2D eigenvalue weighted by Crippen LogP contribution is 2.23. The number of rotatable bonds is 9. The summed E-state index contributed by atoms with van der Waals surface area (Å²) in [4.78, 5) is 24.3. The van der Waals surface area contributed by atoms with E-state index in [2.05, 4.69) is 41.5 Å². The van der Waals surface area contributed by atoms with Gasteiger partial charge in [0.2, 0.25) is 0 Å². The second kappa shape index (κ2) is 11.3. The Bertz CT molecular complexity index is 790. The fourth-order valence-electron chi connectivity index (χ4n) is 3.27. The number of carbonyl (C=O) groups excluding carboxylic acids is 2. The fraction of sp³-hybridized carbons (Fsp3) is 0.500. The van der Waals surface area contributed by atoms with Crippen molar-refractivity contribution in [2.75, 3.05) is 13.2 Å². The van der Waals surface area contributed by atoms with Gasteiger partial charge in [0.1, 0.15) is 0 Å². The number of hydrogen-bond acceptors (Lipinski definition) is 4. The first-order chi connectivity index (χ1) is 15.0. The van der Waals surface area contributed by atoms with Crippen LogP contribution in [0.5, 0.6) is 0 Å². The molecular formula is C28H38O4. The maximum atomic E-state index is 12.1. The first-order valence-corrected chi connectivity index (χ1v) is 11.5. The molecule has 0 saturated carbocycles. The van der Waals surface area contributed by atoms with Gasteiger partial charge < -0.3 is 9.47 Å². The van der Waals surface area contributed by atoms with E-state index in [1.54, 1.807) is 0 Å². The molecule has 0 spiro atoms. The van der Waals surface area contributed by atoms with E-state index >= 15 is 0 Å². The van der Waals surface area contributed by atoms with Crippen molar-refractivity contribution in [1.82, 2.24) is 0 Å². The van der Waals surface area contributed by atoms with Crippen LogP contribution in [0, 0.1) is 0 Å². The molecular weight excluding hydrogens is 400 g/mol. The smallest absolute Gasteiger partial charge is 0.338 e. The molecule has 4 nitrogen and oxygen atoms in total. The third-order valence-electron chi connectivity index (χ3n) is 5.48. The first kappa shape index (κ1) is 25.6. The molecule has 0 aliphatic rings. The van der Waals surface area contributed by atoms with Gasteiger partial charge in [-0.05, 0) is 71.9 Å². The molecule has 0 fully saturated rings. The van der Waals surface area contributed by atoms with Gasteiger partial charge in [0, 0.05) is 0 Å². The van der Waals surface area contributed by atoms with Gasteiger partial charge in [0.15, 0.2) is 0 Å². The summed E-state index contributed by atoms with van der Waals surface area (Å²) in [6.07, 6.45) is 3.45. The molecule has 2 aromatic rings. The van der Waals surface area contributed by atoms with E-state index in [0.29, 0.717) is 24.3 Å². The van der Waals surface area contributed by atoms with Gasteiger partial charge >= 0.3 is 11.9 Å². The Morgan fingerprint density at radius 3 is 1.16 bits per heavy atom. The molecule has 174 valence electrons. The first-order valence-electron chi connectivity index (χ1n) is 11.5. The number of carbonyl (C=O) groups is 2. The van der Waals surface area contributed by atoms with Crippen molar-refractivity contribution in [2.45, 2.75) is 78.1 Å². The second-order valence-electron chi connectivity index (χ2n) is 10.3. The van der Waals surface area contributed by atoms with Gasteiger partial charge in [-0.3, -0.25) is 0 Å². The van der Waals surface area contributed by atoms with E-state index in [1.807, 2.05) is 48.5 Å². The molecule has 2 aromatic carbocycles. The van der Waals surface area contributed by atoms with E-state index in [0.717, 1.165) is 25.7 Å². The van der Waals surface area contributed by atoms with Crippen molar-refractivity contribution >= 4 is 11.9 Å². The number of unbranched alkanes of at least 4 members (excludes halogenated alkanes) is 3. The molecule has 0 radical (unpaired) electrons. The summed E-state index contributed by atoms with van der Waals surface area (Å²) >= 11 is 0. The summed E-state index contributed by atoms with van der Waals surface area (Å²) in [6.45, 7) is 13.7. The minimum Gasteiger partial charge on any atom is -0.462 e. The average Bonchev–Trinajstić information content (AvgIpc) is 2.74. The molecule has 0 aromatic heterocycles. The van der Waals surface area contributed by atoms with Crippen molar-refractivity contribution in [3.8, 4) is 0 Å². The van der Waals surface area contributed by atoms with Crippen LogP contribution < -0.4 is 0 Å². The Morgan fingerprint density at radius 1 is 0.562 bits per heavy atom. The van der Waals surface area contributed by atoms with E-state index in [1.165, 1.54) is 11.1 Å². The van der Waals surface area contributed by atoms with Crippen molar-refractivity contribution in [3.05, 3.63) is 70.8 Å². The largest absolute Gasteiger partial charge is 0.462 e. The summed E-state index contributed by atoms with van der Waals surface area (Å²) < 4.78 is 10.7. The number of esters is 2. The molecule has 2 rings (SSSR count).